The van der Waals surface area contributed by atoms with Crippen molar-refractivity contribution in [3.05, 3.63) is 52.4 Å². The molecule has 1 fully saturated rings. The fourth-order valence-corrected chi connectivity index (χ4v) is 4.14. The van der Waals surface area contributed by atoms with Crippen molar-refractivity contribution in [1.29, 1.82) is 0 Å². The number of phenols is 1. The average Bonchev–Trinajstić information content (AvgIpc) is 3.12. The number of H-pyrrole nitrogens is 1. The van der Waals surface area contributed by atoms with Crippen molar-refractivity contribution in [2.24, 2.45) is 0 Å². The zero-order chi connectivity index (χ0) is 18.0. The number of hydrogen-bond acceptors (Lipinski definition) is 5. The molecule has 2 heterocycles. The fraction of sp³-hybridized carbons (Fsp3) is 0.250. The normalized spacial score (nSPS) is 15.2. The lowest BCUT2D eigenvalue weighted by Crippen LogP contribution is -2.28. The minimum absolute atomic E-state index is 0.00367. The van der Waals surface area contributed by atoms with Crippen LogP contribution in [0.5, 0.6) is 5.75 Å². The molecule has 0 bridgehead atoms. The molecular weight excluding hydrogens is 346 g/mol. The van der Waals surface area contributed by atoms with E-state index in [0.29, 0.717) is 13.1 Å². The van der Waals surface area contributed by atoms with Crippen molar-refractivity contribution in [3.8, 4) is 5.75 Å². The highest BCUT2D eigenvalue weighted by atomic mass is 32.2. The molecule has 0 unspecified atom stereocenters. The molecule has 1 aliphatic heterocycles. The third-order valence-electron chi connectivity index (χ3n) is 3.97. The number of nitrogens with zero attached hydrogens (tertiary/aromatic N) is 1. The second-order valence-corrected chi connectivity index (χ2v) is 7.62. The molecule has 1 aliphatic rings. The van der Waals surface area contributed by atoms with Crippen molar-refractivity contribution in [3.63, 3.8) is 0 Å². The smallest absolute Gasteiger partial charge is 0.257 e. The van der Waals surface area contributed by atoms with Crippen molar-refractivity contribution in [1.82, 2.24) is 9.29 Å². The van der Waals surface area contributed by atoms with E-state index in [2.05, 4.69) is 10.3 Å². The van der Waals surface area contributed by atoms with Crippen LogP contribution in [0.2, 0.25) is 0 Å². The van der Waals surface area contributed by atoms with Crippen molar-refractivity contribution >= 4 is 21.6 Å². The highest BCUT2D eigenvalue weighted by Crippen LogP contribution is 2.29. The van der Waals surface area contributed by atoms with Crippen molar-refractivity contribution < 1.29 is 18.3 Å². The van der Waals surface area contributed by atoms with Crippen LogP contribution in [-0.4, -0.2) is 41.8 Å². The summed E-state index contributed by atoms with van der Waals surface area (Å²) in [6.07, 6.45) is 2.86. The van der Waals surface area contributed by atoms with Gasteiger partial charge in [-0.1, -0.05) is 0 Å². The van der Waals surface area contributed by atoms with Crippen LogP contribution in [0.15, 0.2) is 46.2 Å². The van der Waals surface area contributed by atoms with Gasteiger partial charge in [0.15, 0.2) is 0 Å². The first-order valence-electron chi connectivity index (χ1n) is 7.71. The lowest BCUT2D eigenvalue weighted by Gasteiger charge is -2.16. The molecule has 25 heavy (non-hydrogen) atoms. The Morgan fingerprint density at radius 1 is 1.16 bits per heavy atom. The molecule has 3 N–H and O–H groups in total. The lowest BCUT2D eigenvalue weighted by atomic mass is 10.2. The second-order valence-electron chi connectivity index (χ2n) is 5.69. The number of aromatic hydroxyl groups is 1. The number of amides is 1. The van der Waals surface area contributed by atoms with Gasteiger partial charge in [-0.2, -0.15) is 4.31 Å². The van der Waals surface area contributed by atoms with Crippen LogP contribution < -0.4 is 10.9 Å². The highest BCUT2D eigenvalue weighted by Gasteiger charge is 2.28. The van der Waals surface area contributed by atoms with E-state index in [1.165, 1.54) is 40.8 Å². The third-order valence-corrected chi connectivity index (χ3v) is 5.86. The van der Waals surface area contributed by atoms with E-state index in [1.54, 1.807) is 0 Å². The van der Waals surface area contributed by atoms with Gasteiger partial charge in [0, 0.05) is 25.4 Å². The van der Waals surface area contributed by atoms with Gasteiger partial charge in [0.05, 0.1) is 16.1 Å². The number of phenolic OH excluding ortho intramolecular Hbond substituents is 1. The maximum absolute atomic E-state index is 12.6. The zero-order valence-corrected chi connectivity index (χ0v) is 14.0. The van der Waals surface area contributed by atoms with E-state index >= 15 is 0 Å². The number of anilines is 1. The zero-order valence-electron chi connectivity index (χ0n) is 13.2. The van der Waals surface area contributed by atoms with Gasteiger partial charge in [0.25, 0.3) is 5.91 Å². The minimum atomic E-state index is -3.66. The molecule has 1 amide bonds. The molecule has 0 atom stereocenters. The standard InChI is InChI=1S/C16H17N3O5S/c20-14-5-4-12(25(23,24)19-7-1-2-8-19)9-13(14)18-16(22)11-3-6-15(21)17-10-11/h3-6,9-10,20H,1-2,7-8H2,(H,17,21)(H,18,22). The van der Waals surface area contributed by atoms with Crippen molar-refractivity contribution in [2.45, 2.75) is 17.7 Å². The molecular formula is C16H17N3O5S. The average molecular weight is 363 g/mol. The number of benzene rings is 1. The van der Waals surface area contributed by atoms with Crippen LogP contribution in [0.25, 0.3) is 0 Å². The summed E-state index contributed by atoms with van der Waals surface area (Å²) in [5.41, 5.74) is -0.193. The summed E-state index contributed by atoms with van der Waals surface area (Å²) < 4.78 is 26.5. The van der Waals surface area contributed by atoms with Gasteiger partial charge in [-0.3, -0.25) is 9.59 Å². The van der Waals surface area contributed by atoms with Crippen LogP contribution in [0.4, 0.5) is 5.69 Å². The first-order chi connectivity index (χ1) is 11.9. The number of sulfonamides is 1. The third kappa shape index (κ3) is 3.57. The molecule has 1 saturated heterocycles. The Morgan fingerprint density at radius 3 is 2.52 bits per heavy atom. The SMILES string of the molecule is O=C(Nc1cc(S(=O)(=O)N2CCCC2)ccc1O)c1ccc(=O)[nH]c1. The Morgan fingerprint density at radius 2 is 1.88 bits per heavy atom. The summed E-state index contributed by atoms with van der Waals surface area (Å²) in [5, 5.41) is 12.4. The predicted octanol–water partition coefficient (Wildman–Crippen LogP) is 1.12. The summed E-state index contributed by atoms with van der Waals surface area (Å²) in [7, 11) is -3.66. The molecule has 8 nitrogen and oxygen atoms in total. The molecule has 0 spiro atoms. The highest BCUT2D eigenvalue weighted by molar-refractivity contribution is 7.89. The number of aromatic amines is 1. The first kappa shape index (κ1) is 17.2. The van der Waals surface area contributed by atoms with Gasteiger partial charge < -0.3 is 15.4 Å². The maximum atomic E-state index is 12.6. The Balaban J connectivity index is 1.88. The lowest BCUT2D eigenvalue weighted by molar-refractivity contribution is 0.102. The maximum Gasteiger partial charge on any atom is 0.257 e. The Kier molecular flexibility index (Phi) is 4.60. The topological polar surface area (TPSA) is 120 Å². The number of carbonyl (C=O) groups is 1. The number of rotatable bonds is 4. The molecule has 1 aromatic carbocycles. The molecule has 9 heteroatoms. The van der Waals surface area contributed by atoms with Crippen LogP contribution >= 0.6 is 0 Å². The molecule has 0 saturated carbocycles. The number of pyridine rings is 1. The fourth-order valence-electron chi connectivity index (χ4n) is 2.60. The van der Waals surface area contributed by atoms with E-state index in [1.807, 2.05) is 0 Å². The molecule has 2 aromatic rings. The summed E-state index contributed by atoms with van der Waals surface area (Å²) >= 11 is 0. The van der Waals surface area contributed by atoms with Crippen LogP contribution in [0.1, 0.15) is 23.2 Å². The van der Waals surface area contributed by atoms with Gasteiger partial charge in [-0.25, -0.2) is 8.42 Å². The number of hydrogen-bond donors (Lipinski definition) is 3. The van der Waals surface area contributed by atoms with Crippen LogP contribution in [0, 0.1) is 0 Å². The second kappa shape index (κ2) is 6.69. The van der Waals surface area contributed by atoms with Crippen LogP contribution in [-0.2, 0) is 10.0 Å². The van der Waals surface area contributed by atoms with Gasteiger partial charge in [-0.15, -0.1) is 0 Å². The van der Waals surface area contributed by atoms with E-state index < -0.39 is 15.9 Å². The molecule has 0 aliphatic carbocycles. The van der Waals surface area contributed by atoms with Gasteiger partial charge in [0.2, 0.25) is 15.6 Å². The van der Waals surface area contributed by atoms with Gasteiger partial charge in [-0.05, 0) is 37.1 Å². The van der Waals surface area contributed by atoms with E-state index in [-0.39, 0.29) is 27.5 Å². The summed E-state index contributed by atoms with van der Waals surface area (Å²) in [4.78, 5) is 25.6. The summed E-state index contributed by atoms with van der Waals surface area (Å²) in [5.74, 6) is -0.833. The van der Waals surface area contributed by atoms with Crippen LogP contribution in [0.3, 0.4) is 0 Å². The van der Waals surface area contributed by atoms with Crippen molar-refractivity contribution in [2.75, 3.05) is 18.4 Å². The van der Waals surface area contributed by atoms with Gasteiger partial charge >= 0.3 is 0 Å². The molecule has 132 valence electrons. The number of carbonyl (C=O) groups excluding carboxylic acids is 1. The summed E-state index contributed by atoms with van der Waals surface area (Å²) in [6, 6.07) is 6.29. The number of aromatic nitrogens is 1. The first-order valence-corrected chi connectivity index (χ1v) is 9.15. The Bertz CT molecular complexity index is 941. The molecule has 3 rings (SSSR count). The quantitative estimate of drug-likeness (QED) is 0.703. The largest absolute Gasteiger partial charge is 0.506 e. The monoisotopic (exact) mass is 363 g/mol. The number of nitrogens with one attached hydrogen (secondary N) is 2. The Hall–Kier alpha value is -2.65. The van der Waals surface area contributed by atoms with E-state index in [0.717, 1.165) is 12.8 Å². The predicted molar refractivity (Wildman–Crippen MR) is 91.1 cm³/mol. The van der Waals surface area contributed by atoms with E-state index in [9.17, 15) is 23.1 Å². The molecule has 1 aromatic heterocycles. The Labute approximate surface area is 144 Å². The molecule has 0 radical (unpaired) electrons. The van der Waals surface area contributed by atoms with E-state index in [4.69, 9.17) is 0 Å². The summed E-state index contributed by atoms with van der Waals surface area (Å²) in [6.45, 7) is 0.921. The minimum Gasteiger partial charge on any atom is -0.506 e. The van der Waals surface area contributed by atoms with Gasteiger partial charge in [0.1, 0.15) is 5.75 Å².